The van der Waals surface area contributed by atoms with Crippen LogP contribution >= 0.6 is 0 Å². The Hall–Kier alpha value is -4.20. The van der Waals surface area contributed by atoms with E-state index >= 15 is 0 Å². The standard InChI is InChI=1S/C25H23F5N6O3/c1-12(34-20-10-33-35-23(38)21(20)25(28,29)30)5-16(26)11-36-4-3-14-6-18(19(27)7-17(14)24(36)39)22-31-8-15(9-32-22)13(2)37/h3-4,6-10,12-13,16,37H,5,11H2,1-2H3,(H2,34,35,38)/t12-,13?,16-/m1/s1. The van der Waals surface area contributed by atoms with Crippen molar-refractivity contribution in [3.05, 3.63) is 80.6 Å². The zero-order valence-corrected chi connectivity index (χ0v) is 20.6. The van der Waals surface area contributed by atoms with Crippen molar-refractivity contribution in [3.8, 4) is 11.4 Å². The quantitative estimate of drug-likeness (QED) is 0.284. The maximum absolute atomic E-state index is 14.9. The molecule has 4 aromatic rings. The van der Waals surface area contributed by atoms with Gasteiger partial charge in [-0.05, 0) is 37.4 Å². The van der Waals surface area contributed by atoms with E-state index in [0.717, 1.165) is 16.8 Å². The number of benzene rings is 1. The zero-order chi connectivity index (χ0) is 28.5. The average molecular weight is 550 g/mol. The largest absolute Gasteiger partial charge is 0.423 e. The molecule has 3 aromatic heterocycles. The first-order chi connectivity index (χ1) is 18.3. The molecule has 3 N–H and O–H groups in total. The smallest absolute Gasteiger partial charge is 0.389 e. The normalized spacial score (nSPS) is 14.3. The van der Waals surface area contributed by atoms with Crippen LogP contribution in [-0.4, -0.2) is 42.1 Å². The second-order valence-electron chi connectivity index (χ2n) is 9.07. The average Bonchev–Trinajstić information content (AvgIpc) is 2.85. The van der Waals surface area contributed by atoms with Crippen LogP contribution in [0.4, 0.5) is 27.6 Å². The second-order valence-corrected chi connectivity index (χ2v) is 9.07. The molecule has 0 aliphatic rings. The number of aromatic amines is 1. The molecule has 4 rings (SSSR count). The maximum Gasteiger partial charge on any atom is 0.423 e. The highest BCUT2D eigenvalue weighted by Crippen LogP contribution is 2.32. The first-order valence-electron chi connectivity index (χ1n) is 11.7. The van der Waals surface area contributed by atoms with Gasteiger partial charge in [-0.1, -0.05) is 0 Å². The van der Waals surface area contributed by atoms with Crippen LogP contribution in [0.15, 0.2) is 52.6 Å². The summed E-state index contributed by atoms with van der Waals surface area (Å²) in [6.45, 7) is 2.52. The fourth-order valence-corrected chi connectivity index (χ4v) is 4.10. The van der Waals surface area contributed by atoms with E-state index in [9.17, 15) is 36.6 Å². The number of rotatable bonds is 8. The lowest BCUT2D eigenvalue weighted by atomic mass is 10.1. The number of anilines is 1. The molecule has 206 valence electrons. The van der Waals surface area contributed by atoms with Gasteiger partial charge >= 0.3 is 6.18 Å². The Morgan fingerprint density at radius 1 is 1.13 bits per heavy atom. The summed E-state index contributed by atoms with van der Waals surface area (Å²) >= 11 is 0. The number of halogens is 5. The number of alkyl halides is 4. The van der Waals surface area contributed by atoms with E-state index in [1.807, 2.05) is 0 Å². The van der Waals surface area contributed by atoms with Crippen LogP contribution in [-0.2, 0) is 12.7 Å². The van der Waals surface area contributed by atoms with E-state index < -0.39 is 59.2 Å². The summed E-state index contributed by atoms with van der Waals surface area (Å²) in [4.78, 5) is 32.7. The number of aliphatic hydroxyl groups excluding tert-OH is 1. The summed E-state index contributed by atoms with van der Waals surface area (Å²) in [7, 11) is 0. The number of hydrogen-bond donors (Lipinski definition) is 3. The van der Waals surface area contributed by atoms with Crippen LogP contribution in [0.2, 0.25) is 0 Å². The molecule has 0 saturated heterocycles. The van der Waals surface area contributed by atoms with Crippen LogP contribution in [0.25, 0.3) is 22.2 Å². The van der Waals surface area contributed by atoms with Gasteiger partial charge < -0.3 is 15.0 Å². The van der Waals surface area contributed by atoms with Gasteiger partial charge in [0.2, 0.25) is 0 Å². The summed E-state index contributed by atoms with van der Waals surface area (Å²) in [5, 5.41) is 17.5. The van der Waals surface area contributed by atoms with Crippen LogP contribution in [0.5, 0.6) is 0 Å². The molecule has 0 fully saturated rings. The predicted octanol–water partition coefficient (Wildman–Crippen LogP) is 3.98. The number of pyridine rings is 1. The first-order valence-corrected chi connectivity index (χ1v) is 11.7. The highest BCUT2D eigenvalue weighted by Gasteiger charge is 2.37. The Bertz CT molecular complexity index is 1600. The van der Waals surface area contributed by atoms with Crippen molar-refractivity contribution in [2.24, 2.45) is 0 Å². The molecular weight excluding hydrogens is 527 g/mol. The lowest BCUT2D eigenvalue weighted by Crippen LogP contribution is -2.30. The third kappa shape index (κ3) is 6.11. The molecule has 14 heteroatoms. The third-order valence-electron chi connectivity index (χ3n) is 6.01. The van der Waals surface area contributed by atoms with Gasteiger partial charge in [0.25, 0.3) is 11.1 Å². The van der Waals surface area contributed by atoms with Crippen LogP contribution in [0.3, 0.4) is 0 Å². The Morgan fingerprint density at radius 2 is 1.82 bits per heavy atom. The predicted molar refractivity (Wildman–Crippen MR) is 132 cm³/mol. The van der Waals surface area contributed by atoms with Gasteiger partial charge in [0, 0.05) is 36.6 Å². The topological polar surface area (TPSA) is 126 Å². The highest BCUT2D eigenvalue weighted by atomic mass is 19.4. The van der Waals surface area contributed by atoms with Gasteiger partial charge in [-0.15, -0.1) is 0 Å². The number of hydrogen-bond acceptors (Lipinski definition) is 7. The number of aromatic nitrogens is 5. The van der Waals surface area contributed by atoms with E-state index in [1.54, 1.807) is 5.10 Å². The molecule has 0 aliphatic carbocycles. The van der Waals surface area contributed by atoms with Crippen molar-refractivity contribution in [2.45, 2.75) is 51.3 Å². The van der Waals surface area contributed by atoms with Crippen molar-refractivity contribution < 1.29 is 27.1 Å². The molecule has 1 unspecified atom stereocenters. The fourth-order valence-electron chi connectivity index (χ4n) is 4.10. The maximum atomic E-state index is 14.9. The molecule has 1 aromatic carbocycles. The number of nitrogens with one attached hydrogen (secondary N) is 2. The van der Waals surface area contributed by atoms with Gasteiger partial charge in [0.1, 0.15) is 17.6 Å². The highest BCUT2D eigenvalue weighted by molar-refractivity contribution is 5.86. The summed E-state index contributed by atoms with van der Waals surface area (Å²) in [5.41, 5.74) is -3.68. The Labute approximate surface area is 217 Å². The summed E-state index contributed by atoms with van der Waals surface area (Å²) in [6, 6.07) is 3.03. The number of H-pyrrole nitrogens is 1. The minimum atomic E-state index is -4.95. The molecule has 0 saturated carbocycles. The first kappa shape index (κ1) is 27.8. The number of fused-ring (bicyclic) bond motifs is 1. The minimum absolute atomic E-state index is 0.0119. The molecule has 3 atom stereocenters. The van der Waals surface area contributed by atoms with E-state index in [2.05, 4.69) is 20.4 Å². The van der Waals surface area contributed by atoms with Crippen molar-refractivity contribution in [3.63, 3.8) is 0 Å². The summed E-state index contributed by atoms with van der Waals surface area (Å²) < 4.78 is 70.5. The van der Waals surface area contributed by atoms with Crippen molar-refractivity contribution in [2.75, 3.05) is 5.32 Å². The molecule has 0 bridgehead atoms. The van der Waals surface area contributed by atoms with Crippen LogP contribution in [0, 0.1) is 5.82 Å². The monoisotopic (exact) mass is 550 g/mol. The van der Waals surface area contributed by atoms with E-state index in [1.165, 1.54) is 44.6 Å². The molecule has 0 radical (unpaired) electrons. The van der Waals surface area contributed by atoms with Crippen molar-refractivity contribution in [1.29, 1.82) is 0 Å². The Morgan fingerprint density at radius 3 is 2.46 bits per heavy atom. The van der Waals surface area contributed by atoms with Gasteiger partial charge in [0.15, 0.2) is 5.82 Å². The Kier molecular flexibility index (Phi) is 7.77. The number of nitrogens with zero attached hydrogens (tertiary/aromatic N) is 4. The van der Waals surface area contributed by atoms with Gasteiger partial charge in [-0.3, -0.25) is 9.59 Å². The van der Waals surface area contributed by atoms with Crippen LogP contribution in [0.1, 0.15) is 37.5 Å². The lowest BCUT2D eigenvalue weighted by molar-refractivity contribution is -0.138. The molecule has 0 spiro atoms. The van der Waals surface area contributed by atoms with Gasteiger partial charge in [-0.2, -0.15) is 18.3 Å². The molecule has 0 amide bonds. The van der Waals surface area contributed by atoms with Crippen molar-refractivity contribution >= 4 is 16.5 Å². The molecule has 3 heterocycles. The van der Waals surface area contributed by atoms with Crippen molar-refractivity contribution in [1.82, 2.24) is 24.7 Å². The molecule has 39 heavy (non-hydrogen) atoms. The Balaban J connectivity index is 1.51. The van der Waals surface area contributed by atoms with E-state index in [0.29, 0.717) is 10.9 Å². The zero-order valence-electron chi connectivity index (χ0n) is 20.6. The third-order valence-corrected chi connectivity index (χ3v) is 6.01. The van der Waals surface area contributed by atoms with Crippen LogP contribution < -0.4 is 16.4 Å². The minimum Gasteiger partial charge on any atom is -0.389 e. The summed E-state index contributed by atoms with van der Waals surface area (Å²) in [5.74, 6) is -0.721. The van der Waals surface area contributed by atoms with Gasteiger partial charge in [0.05, 0.1) is 35.5 Å². The lowest BCUT2D eigenvalue weighted by Gasteiger charge is -2.20. The van der Waals surface area contributed by atoms with E-state index in [4.69, 9.17) is 0 Å². The number of aliphatic hydroxyl groups is 1. The SMILES string of the molecule is CC(O)c1cnc(-c2cc3ccn(C[C@H](F)C[C@@H](C)Nc4cn[nH]c(=O)c4C(F)(F)F)c(=O)c3cc2F)nc1. The molecule has 0 aliphatic heterocycles. The van der Waals surface area contributed by atoms with Gasteiger partial charge in [-0.25, -0.2) is 23.8 Å². The fraction of sp³-hybridized carbons (Fsp3) is 0.320. The van der Waals surface area contributed by atoms with E-state index in [-0.39, 0.29) is 23.2 Å². The second kappa shape index (κ2) is 10.9. The molecule has 9 nitrogen and oxygen atoms in total. The molecular formula is C25H23F5N6O3. The summed E-state index contributed by atoms with van der Waals surface area (Å²) in [6.07, 6.45) is -2.87.